The first-order chi connectivity index (χ1) is 11.7. The van der Waals surface area contributed by atoms with Gasteiger partial charge in [-0.2, -0.15) is 13.2 Å². The topological polar surface area (TPSA) is 58.6 Å². The van der Waals surface area contributed by atoms with E-state index in [1.807, 2.05) is 6.92 Å². The van der Waals surface area contributed by atoms with Crippen LogP contribution in [0.15, 0.2) is 18.2 Å². The van der Waals surface area contributed by atoms with E-state index in [1.54, 1.807) is 18.2 Å². The molecule has 5 nitrogen and oxygen atoms in total. The molecule has 1 saturated heterocycles. The molecule has 0 aliphatic carbocycles. The van der Waals surface area contributed by atoms with Gasteiger partial charge in [-0.3, -0.25) is 4.79 Å². The predicted molar refractivity (Wildman–Crippen MR) is 86.5 cm³/mol. The third-order valence-corrected chi connectivity index (χ3v) is 4.16. The minimum Gasteiger partial charge on any atom is -0.440 e. The summed E-state index contributed by atoms with van der Waals surface area (Å²) in [6.45, 7) is 0.561. The minimum absolute atomic E-state index is 0.175. The van der Waals surface area contributed by atoms with Gasteiger partial charge in [0.2, 0.25) is 5.91 Å². The van der Waals surface area contributed by atoms with Gasteiger partial charge in [0, 0.05) is 29.7 Å². The van der Waals surface area contributed by atoms with E-state index in [1.165, 1.54) is 4.90 Å². The van der Waals surface area contributed by atoms with E-state index in [-0.39, 0.29) is 24.9 Å². The highest BCUT2D eigenvalue weighted by molar-refractivity contribution is 6.30. The zero-order chi connectivity index (χ0) is 18.6. The van der Waals surface area contributed by atoms with Gasteiger partial charge in [0.05, 0.1) is 0 Å². The number of carbonyl (C=O) groups is 2. The van der Waals surface area contributed by atoms with Crippen LogP contribution in [0.4, 0.5) is 23.7 Å². The van der Waals surface area contributed by atoms with Crippen molar-refractivity contribution >= 4 is 29.3 Å². The lowest BCUT2D eigenvalue weighted by Crippen LogP contribution is -2.42. The number of likely N-dealkylation sites (tertiary alicyclic amines) is 1. The Kier molecular flexibility index (Phi) is 6.16. The Morgan fingerprint density at radius 3 is 2.52 bits per heavy atom. The van der Waals surface area contributed by atoms with Crippen molar-refractivity contribution in [1.29, 1.82) is 0 Å². The largest absolute Gasteiger partial charge is 0.440 e. The highest BCUT2D eigenvalue weighted by Crippen LogP contribution is 2.24. The highest BCUT2D eigenvalue weighted by Gasteiger charge is 2.33. The fourth-order valence-corrected chi connectivity index (χ4v) is 2.79. The van der Waals surface area contributed by atoms with Gasteiger partial charge in [0.25, 0.3) is 0 Å². The average molecular weight is 379 g/mol. The second-order valence-electron chi connectivity index (χ2n) is 5.88. The summed E-state index contributed by atoms with van der Waals surface area (Å²) in [5.74, 6) is -0.504. The Morgan fingerprint density at radius 2 is 1.96 bits per heavy atom. The van der Waals surface area contributed by atoms with Crippen molar-refractivity contribution < 1.29 is 27.5 Å². The van der Waals surface area contributed by atoms with E-state index in [9.17, 15) is 22.8 Å². The molecule has 1 fully saturated rings. The summed E-state index contributed by atoms with van der Waals surface area (Å²) >= 11 is 5.87. The van der Waals surface area contributed by atoms with Crippen molar-refractivity contribution in [3.63, 3.8) is 0 Å². The molecule has 0 radical (unpaired) electrons. The number of carbonyl (C=O) groups excluding carboxylic acids is 2. The van der Waals surface area contributed by atoms with Crippen LogP contribution in [0.1, 0.15) is 18.4 Å². The van der Waals surface area contributed by atoms with E-state index in [0.717, 1.165) is 5.56 Å². The quantitative estimate of drug-likeness (QED) is 0.865. The van der Waals surface area contributed by atoms with E-state index in [2.05, 4.69) is 10.1 Å². The van der Waals surface area contributed by atoms with Crippen LogP contribution in [0.3, 0.4) is 0 Å². The normalized spacial score (nSPS) is 15.8. The number of anilines is 1. The number of hydrogen-bond donors (Lipinski definition) is 1. The van der Waals surface area contributed by atoms with Crippen LogP contribution in [-0.4, -0.2) is 42.8 Å². The number of alkyl halides is 3. The summed E-state index contributed by atoms with van der Waals surface area (Å²) in [4.78, 5) is 25.1. The third-order valence-electron chi connectivity index (χ3n) is 3.93. The number of nitrogens with one attached hydrogen (secondary N) is 1. The number of nitrogens with zero attached hydrogens (tertiary/aromatic N) is 1. The van der Waals surface area contributed by atoms with Crippen molar-refractivity contribution in [2.45, 2.75) is 25.9 Å². The number of halogens is 4. The zero-order valence-corrected chi connectivity index (χ0v) is 14.3. The van der Waals surface area contributed by atoms with Crippen molar-refractivity contribution in [2.75, 3.05) is 25.0 Å². The van der Waals surface area contributed by atoms with Gasteiger partial charge in [0.15, 0.2) is 6.61 Å². The van der Waals surface area contributed by atoms with Crippen molar-refractivity contribution in [3.05, 3.63) is 28.8 Å². The summed E-state index contributed by atoms with van der Waals surface area (Å²) in [6, 6.07) is 5.11. The molecular weight excluding hydrogens is 361 g/mol. The van der Waals surface area contributed by atoms with E-state index < -0.39 is 18.9 Å². The minimum atomic E-state index is -4.55. The van der Waals surface area contributed by atoms with Gasteiger partial charge in [-0.1, -0.05) is 11.6 Å². The van der Waals surface area contributed by atoms with Crippen molar-refractivity contribution in [2.24, 2.45) is 5.92 Å². The molecule has 1 aliphatic heterocycles. The Hall–Kier alpha value is -1.96. The van der Waals surface area contributed by atoms with E-state index in [0.29, 0.717) is 23.6 Å². The van der Waals surface area contributed by atoms with Gasteiger partial charge in [-0.25, -0.2) is 4.79 Å². The maximum Gasteiger partial charge on any atom is 0.422 e. The second kappa shape index (κ2) is 7.95. The lowest BCUT2D eigenvalue weighted by molar-refractivity contribution is -0.162. The van der Waals surface area contributed by atoms with Gasteiger partial charge in [0.1, 0.15) is 0 Å². The van der Waals surface area contributed by atoms with Gasteiger partial charge in [-0.05, 0) is 43.5 Å². The fraction of sp³-hybridized carbons (Fsp3) is 0.500. The fourth-order valence-electron chi connectivity index (χ4n) is 2.56. The van der Waals surface area contributed by atoms with Crippen LogP contribution in [0, 0.1) is 12.8 Å². The zero-order valence-electron chi connectivity index (χ0n) is 13.5. The number of aryl methyl sites for hydroxylation is 1. The molecule has 0 saturated carbocycles. The number of rotatable bonds is 3. The molecule has 25 heavy (non-hydrogen) atoms. The molecule has 9 heteroatoms. The van der Waals surface area contributed by atoms with Crippen LogP contribution in [-0.2, 0) is 9.53 Å². The van der Waals surface area contributed by atoms with Gasteiger partial charge >= 0.3 is 12.3 Å². The van der Waals surface area contributed by atoms with Crippen LogP contribution < -0.4 is 5.32 Å². The van der Waals surface area contributed by atoms with Crippen LogP contribution >= 0.6 is 11.6 Å². The van der Waals surface area contributed by atoms with Gasteiger partial charge < -0.3 is 15.0 Å². The van der Waals surface area contributed by atoms with Crippen molar-refractivity contribution in [1.82, 2.24) is 4.90 Å². The number of amides is 2. The molecule has 0 spiro atoms. The molecule has 0 bridgehead atoms. The summed E-state index contributed by atoms with van der Waals surface area (Å²) < 4.78 is 40.4. The number of benzene rings is 1. The molecule has 1 aromatic carbocycles. The number of hydrogen-bond acceptors (Lipinski definition) is 3. The number of piperidine rings is 1. The summed E-state index contributed by atoms with van der Waals surface area (Å²) in [5, 5.41) is 3.39. The first-order valence-electron chi connectivity index (χ1n) is 7.71. The molecular formula is C16H18ClF3N2O3. The lowest BCUT2D eigenvalue weighted by Gasteiger charge is -2.30. The maximum absolute atomic E-state index is 12.3. The Balaban J connectivity index is 1.83. The smallest absolute Gasteiger partial charge is 0.422 e. The van der Waals surface area contributed by atoms with Gasteiger partial charge in [-0.15, -0.1) is 0 Å². The van der Waals surface area contributed by atoms with E-state index >= 15 is 0 Å². The molecule has 2 amide bonds. The van der Waals surface area contributed by atoms with Crippen molar-refractivity contribution in [3.8, 4) is 0 Å². The van der Waals surface area contributed by atoms with Crippen LogP contribution in [0.25, 0.3) is 0 Å². The Labute approximate surface area is 148 Å². The first-order valence-corrected chi connectivity index (χ1v) is 8.09. The molecule has 1 aromatic rings. The SMILES string of the molecule is Cc1cc(Cl)ccc1NC(=O)C1CCN(C(=O)OCC(F)(F)F)CC1. The molecule has 138 valence electrons. The Morgan fingerprint density at radius 1 is 1.32 bits per heavy atom. The highest BCUT2D eigenvalue weighted by atomic mass is 35.5. The van der Waals surface area contributed by atoms with Crippen LogP contribution in [0.5, 0.6) is 0 Å². The second-order valence-corrected chi connectivity index (χ2v) is 6.32. The molecule has 0 aromatic heterocycles. The summed E-state index contributed by atoms with van der Waals surface area (Å²) in [5.41, 5.74) is 1.48. The molecule has 1 heterocycles. The predicted octanol–water partition coefficient (Wildman–Crippen LogP) is 4.00. The average Bonchev–Trinajstić information content (AvgIpc) is 2.54. The molecule has 0 atom stereocenters. The van der Waals surface area contributed by atoms with E-state index in [4.69, 9.17) is 11.6 Å². The summed E-state index contributed by atoms with van der Waals surface area (Å²) in [6.07, 6.45) is -4.84. The Bertz CT molecular complexity index is 644. The standard InChI is InChI=1S/C16H18ClF3N2O3/c1-10-8-12(17)2-3-13(10)21-14(23)11-4-6-22(7-5-11)15(24)25-9-16(18,19)20/h2-3,8,11H,4-7,9H2,1H3,(H,21,23). The van der Waals surface area contributed by atoms with Crippen LogP contribution in [0.2, 0.25) is 5.02 Å². The first kappa shape index (κ1) is 19.4. The molecule has 2 rings (SSSR count). The lowest BCUT2D eigenvalue weighted by atomic mass is 9.96. The monoisotopic (exact) mass is 378 g/mol. The third kappa shape index (κ3) is 5.81. The molecule has 1 aliphatic rings. The molecule has 0 unspecified atom stereocenters. The maximum atomic E-state index is 12.3. The number of ether oxygens (including phenoxy) is 1. The molecule has 1 N–H and O–H groups in total. The summed E-state index contributed by atoms with van der Waals surface area (Å²) in [7, 11) is 0.